The summed E-state index contributed by atoms with van der Waals surface area (Å²) in [6.07, 6.45) is -0.378. The highest BCUT2D eigenvalue weighted by atomic mass is 16.5. The standard InChI is InChI=1S/C22H25NO6/c1-16(17-6-4-3-5-7-17)29-22(25)18-8-9-19(20(14-18)26-2)28-15-21(24)23-10-12-27-13-11-23/h3-9,14,16H,10-13,15H2,1-2H3/t16-/m1/s1. The zero-order chi connectivity index (χ0) is 20.6. The van der Waals surface area contributed by atoms with Crippen molar-refractivity contribution >= 4 is 11.9 Å². The summed E-state index contributed by atoms with van der Waals surface area (Å²) in [5, 5.41) is 0. The van der Waals surface area contributed by atoms with Crippen LogP contribution in [0.3, 0.4) is 0 Å². The average molecular weight is 399 g/mol. The Kier molecular flexibility index (Phi) is 7.08. The molecule has 1 heterocycles. The summed E-state index contributed by atoms with van der Waals surface area (Å²) >= 11 is 0. The summed E-state index contributed by atoms with van der Waals surface area (Å²) in [7, 11) is 1.48. The molecule has 29 heavy (non-hydrogen) atoms. The van der Waals surface area contributed by atoms with Gasteiger partial charge in [-0.3, -0.25) is 4.79 Å². The first-order valence-electron chi connectivity index (χ1n) is 9.50. The number of amides is 1. The molecule has 1 aliphatic heterocycles. The fourth-order valence-corrected chi connectivity index (χ4v) is 2.98. The van der Waals surface area contributed by atoms with Gasteiger partial charge in [0.1, 0.15) is 6.10 Å². The molecule has 0 bridgehead atoms. The molecule has 0 saturated carbocycles. The highest BCUT2D eigenvalue weighted by Gasteiger charge is 2.19. The van der Waals surface area contributed by atoms with E-state index < -0.39 is 5.97 Å². The highest BCUT2D eigenvalue weighted by molar-refractivity contribution is 5.90. The normalized spacial score (nSPS) is 14.8. The van der Waals surface area contributed by atoms with E-state index in [4.69, 9.17) is 18.9 Å². The largest absolute Gasteiger partial charge is 0.493 e. The Balaban J connectivity index is 1.61. The number of hydrogen-bond acceptors (Lipinski definition) is 6. The maximum atomic E-state index is 12.5. The average Bonchev–Trinajstić information content (AvgIpc) is 2.78. The molecule has 0 spiro atoms. The van der Waals surface area contributed by atoms with Gasteiger partial charge in [0.2, 0.25) is 0 Å². The third kappa shape index (κ3) is 5.48. The van der Waals surface area contributed by atoms with Gasteiger partial charge in [-0.25, -0.2) is 4.79 Å². The quantitative estimate of drug-likeness (QED) is 0.667. The molecule has 2 aromatic carbocycles. The number of carbonyl (C=O) groups excluding carboxylic acids is 2. The van der Waals surface area contributed by atoms with Crippen molar-refractivity contribution in [3.8, 4) is 11.5 Å². The molecule has 1 amide bonds. The van der Waals surface area contributed by atoms with Crippen LogP contribution in [0.4, 0.5) is 0 Å². The van der Waals surface area contributed by atoms with Gasteiger partial charge < -0.3 is 23.8 Å². The second kappa shape index (κ2) is 9.93. The molecule has 1 fully saturated rings. The van der Waals surface area contributed by atoms with Gasteiger partial charge in [-0.1, -0.05) is 30.3 Å². The lowest BCUT2D eigenvalue weighted by Crippen LogP contribution is -2.43. The predicted molar refractivity (Wildman–Crippen MR) is 106 cm³/mol. The van der Waals surface area contributed by atoms with E-state index in [1.165, 1.54) is 7.11 Å². The molecule has 7 heteroatoms. The van der Waals surface area contributed by atoms with Gasteiger partial charge in [0, 0.05) is 13.1 Å². The number of esters is 1. The van der Waals surface area contributed by atoms with Gasteiger partial charge in [0.15, 0.2) is 18.1 Å². The lowest BCUT2D eigenvalue weighted by atomic mass is 10.1. The molecule has 0 aliphatic carbocycles. The molecule has 0 unspecified atom stereocenters. The Morgan fingerprint density at radius 3 is 2.48 bits per heavy atom. The van der Waals surface area contributed by atoms with Crippen molar-refractivity contribution in [2.75, 3.05) is 40.0 Å². The minimum atomic E-state index is -0.462. The summed E-state index contributed by atoms with van der Waals surface area (Å²) in [6.45, 7) is 3.90. The molecule has 0 aromatic heterocycles. The van der Waals surface area contributed by atoms with Gasteiger partial charge in [0.05, 0.1) is 25.9 Å². The number of ether oxygens (including phenoxy) is 4. The van der Waals surface area contributed by atoms with Gasteiger partial charge in [-0.05, 0) is 30.7 Å². The molecular weight excluding hydrogens is 374 g/mol. The second-order valence-corrected chi connectivity index (χ2v) is 6.61. The van der Waals surface area contributed by atoms with E-state index in [2.05, 4.69) is 0 Å². The zero-order valence-corrected chi connectivity index (χ0v) is 16.6. The first kappa shape index (κ1) is 20.7. The van der Waals surface area contributed by atoms with E-state index in [1.54, 1.807) is 23.1 Å². The van der Waals surface area contributed by atoms with Gasteiger partial charge >= 0.3 is 5.97 Å². The van der Waals surface area contributed by atoms with Crippen molar-refractivity contribution in [2.45, 2.75) is 13.0 Å². The molecule has 1 aliphatic rings. The predicted octanol–water partition coefficient (Wildman–Crippen LogP) is 2.85. The van der Waals surface area contributed by atoms with Crippen LogP contribution >= 0.6 is 0 Å². The minimum absolute atomic E-state index is 0.106. The molecule has 1 saturated heterocycles. The van der Waals surface area contributed by atoms with E-state index in [0.29, 0.717) is 43.4 Å². The Labute approximate surface area is 170 Å². The first-order chi connectivity index (χ1) is 14.1. The van der Waals surface area contributed by atoms with Crippen LogP contribution in [-0.4, -0.2) is 56.8 Å². The third-order valence-corrected chi connectivity index (χ3v) is 4.67. The number of methoxy groups -OCH3 is 1. The van der Waals surface area contributed by atoms with Crippen molar-refractivity contribution < 1.29 is 28.5 Å². The number of morpholine rings is 1. The summed E-state index contributed by atoms with van der Waals surface area (Å²) in [6, 6.07) is 14.3. The van der Waals surface area contributed by atoms with Crippen molar-refractivity contribution in [1.29, 1.82) is 0 Å². The third-order valence-electron chi connectivity index (χ3n) is 4.67. The second-order valence-electron chi connectivity index (χ2n) is 6.61. The monoisotopic (exact) mass is 399 g/mol. The summed E-state index contributed by atoms with van der Waals surface area (Å²) < 4.78 is 21.7. The topological polar surface area (TPSA) is 74.3 Å². The van der Waals surface area contributed by atoms with Gasteiger partial charge in [0.25, 0.3) is 5.91 Å². The SMILES string of the molecule is COc1cc(C(=O)O[C@H](C)c2ccccc2)ccc1OCC(=O)N1CCOCC1. The van der Waals surface area contributed by atoms with Crippen molar-refractivity contribution in [1.82, 2.24) is 4.90 Å². The summed E-state index contributed by atoms with van der Waals surface area (Å²) in [5.74, 6) is 0.175. The van der Waals surface area contributed by atoms with Crippen LogP contribution in [0.2, 0.25) is 0 Å². The minimum Gasteiger partial charge on any atom is -0.493 e. The molecule has 0 N–H and O–H groups in total. The molecule has 2 aromatic rings. The fraction of sp³-hybridized carbons (Fsp3) is 0.364. The maximum Gasteiger partial charge on any atom is 0.338 e. The number of hydrogen-bond donors (Lipinski definition) is 0. The van der Waals surface area contributed by atoms with E-state index in [-0.39, 0.29) is 18.6 Å². The van der Waals surface area contributed by atoms with Crippen LogP contribution in [0, 0.1) is 0 Å². The lowest BCUT2D eigenvalue weighted by molar-refractivity contribution is -0.137. The van der Waals surface area contributed by atoms with Crippen LogP contribution in [0.15, 0.2) is 48.5 Å². The molecule has 154 valence electrons. The number of nitrogens with zero attached hydrogens (tertiary/aromatic N) is 1. The van der Waals surface area contributed by atoms with E-state index in [0.717, 1.165) is 5.56 Å². The molecular formula is C22H25NO6. The van der Waals surface area contributed by atoms with E-state index in [1.807, 2.05) is 37.3 Å². The molecule has 0 radical (unpaired) electrons. The van der Waals surface area contributed by atoms with Crippen molar-refractivity contribution in [3.05, 3.63) is 59.7 Å². The smallest absolute Gasteiger partial charge is 0.338 e. The van der Waals surface area contributed by atoms with Crippen LogP contribution in [0.25, 0.3) is 0 Å². The molecule has 7 nitrogen and oxygen atoms in total. The first-order valence-corrected chi connectivity index (χ1v) is 9.50. The number of carbonyl (C=O) groups is 2. The lowest BCUT2D eigenvalue weighted by Gasteiger charge is -2.26. The zero-order valence-electron chi connectivity index (χ0n) is 16.6. The summed E-state index contributed by atoms with van der Waals surface area (Å²) in [5.41, 5.74) is 1.26. The van der Waals surface area contributed by atoms with Crippen LogP contribution < -0.4 is 9.47 Å². The Hall–Kier alpha value is -3.06. The number of benzene rings is 2. The van der Waals surface area contributed by atoms with Crippen molar-refractivity contribution in [2.24, 2.45) is 0 Å². The van der Waals surface area contributed by atoms with Crippen LogP contribution in [-0.2, 0) is 14.3 Å². The highest BCUT2D eigenvalue weighted by Crippen LogP contribution is 2.29. The van der Waals surface area contributed by atoms with Crippen molar-refractivity contribution in [3.63, 3.8) is 0 Å². The summed E-state index contributed by atoms with van der Waals surface area (Å²) in [4.78, 5) is 26.4. The van der Waals surface area contributed by atoms with Crippen LogP contribution in [0.1, 0.15) is 28.9 Å². The molecule has 3 rings (SSSR count). The molecule has 1 atom stereocenters. The van der Waals surface area contributed by atoms with Crippen LogP contribution in [0.5, 0.6) is 11.5 Å². The van der Waals surface area contributed by atoms with Gasteiger partial charge in [-0.15, -0.1) is 0 Å². The Morgan fingerprint density at radius 1 is 1.07 bits per heavy atom. The van der Waals surface area contributed by atoms with E-state index >= 15 is 0 Å². The van der Waals surface area contributed by atoms with E-state index in [9.17, 15) is 9.59 Å². The van der Waals surface area contributed by atoms with Gasteiger partial charge in [-0.2, -0.15) is 0 Å². The fourth-order valence-electron chi connectivity index (χ4n) is 2.98. The Morgan fingerprint density at radius 2 is 1.79 bits per heavy atom. The maximum absolute atomic E-state index is 12.5. The number of rotatable bonds is 7. The Bertz CT molecular complexity index is 832.